The van der Waals surface area contributed by atoms with Gasteiger partial charge in [-0.25, -0.2) is 0 Å². The van der Waals surface area contributed by atoms with Crippen molar-refractivity contribution in [2.45, 2.75) is 13.5 Å². The lowest BCUT2D eigenvalue weighted by Crippen LogP contribution is -2.03. The van der Waals surface area contributed by atoms with Crippen molar-refractivity contribution in [1.29, 1.82) is 0 Å². The van der Waals surface area contributed by atoms with Gasteiger partial charge in [0.25, 0.3) is 0 Å². The number of aryl methyl sites for hydroxylation is 1. The molecule has 0 fully saturated rings. The van der Waals surface area contributed by atoms with Crippen molar-refractivity contribution >= 4 is 17.3 Å². The largest absolute Gasteiger partial charge is 0.495 e. The fourth-order valence-electron chi connectivity index (χ4n) is 1.66. The van der Waals surface area contributed by atoms with E-state index in [1.807, 2.05) is 37.3 Å². The zero-order chi connectivity index (χ0) is 13.0. The van der Waals surface area contributed by atoms with Crippen LogP contribution in [0.2, 0.25) is 5.02 Å². The summed E-state index contributed by atoms with van der Waals surface area (Å²) in [6, 6.07) is 9.63. The molecule has 0 unspecified atom stereocenters. The summed E-state index contributed by atoms with van der Waals surface area (Å²) in [5.41, 5.74) is 2.91. The van der Waals surface area contributed by atoms with Crippen molar-refractivity contribution in [2.75, 3.05) is 12.4 Å². The Morgan fingerprint density at radius 3 is 2.83 bits per heavy atom. The second kappa shape index (κ2) is 5.74. The zero-order valence-corrected chi connectivity index (χ0v) is 11.2. The number of benzene rings is 1. The number of anilines is 1. The van der Waals surface area contributed by atoms with Gasteiger partial charge in [-0.05, 0) is 30.7 Å². The van der Waals surface area contributed by atoms with Gasteiger partial charge < -0.3 is 10.1 Å². The third-order valence-electron chi connectivity index (χ3n) is 2.67. The molecule has 2 rings (SSSR count). The SMILES string of the molecule is COc1cc(Cl)c(C)cc1NCc1ccccn1. The lowest BCUT2D eigenvalue weighted by Gasteiger charge is -2.12. The third kappa shape index (κ3) is 2.93. The average molecular weight is 263 g/mol. The van der Waals surface area contributed by atoms with Gasteiger partial charge in [-0.15, -0.1) is 0 Å². The highest BCUT2D eigenvalue weighted by Gasteiger charge is 2.06. The summed E-state index contributed by atoms with van der Waals surface area (Å²) in [5.74, 6) is 0.738. The van der Waals surface area contributed by atoms with Crippen molar-refractivity contribution < 1.29 is 4.74 Å². The van der Waals surface area contributed by atoms with E-state index in [4.69, 9.17) is 16.3 Å². The highest BCUT2D eigenvalue weighted by molar-refractivity contribution is 6.31. The smallest absolute Gasteiger partial charge is 0.143 e. The lowest BCUT2D eigenvalue weighted by molar-refractivity contribution is 0.416. The highest BCUT2D eigenvalue weighted by atomic mass is 35.5. The Morgan fingerprint density at radius 1 is 1.33 bits per heavy atom. The molecule has 1 heterocycles. The first-order valence-corrected chi connectivity index (χ1v) is 6.06. The van der Waals surface area contributed by atoms with Crippen LogP contribution < -0.4 is 10.1 Å². The zero-order valence-electron chi connectivity index (χ0n) is 10.4. The highest BCUT2D eigenvalue weighted by Crippen LogP contribution is 2.31. The summed E-state index contributed by atoms with van der Waals surface area (Å²) in [6.07, 6.45) is 1.78. The van der Waals surface area contributed by atoms with Gasteiger partial charge in [-0.1, -0.05) is 17.7 Å². The van der Waals surface area contributed by atoms with Crippen molar-refractivity contribution in [3.63, 3.8) is 0 Å². The van der Waals surface area contributed by atoms with Crippen LogP contribution in [0.3, 0.4) is 0 Å². The molecule has 0 amide bonds. The minimum atomic E-state index is 0.651. The first kappa shape index (κ1) is 12.7. The molecule has 0 aliphatic heterocycles. The second-order valence-electron chi connectivity index (χ2n) is 3.98. The van der Waals surface area contributed by atoms with Crippen molar-refractivity contribution in [1.82, 2.24) is 4.98 Å². The van der Waals surface area contributed by atoms with Crippen LogP contribution in [0.5, 0.6) is 5.75 Å². The lowest BCUT2D eigenvalue weighted by atomic mass is 10.2. The molecule has 0 radical (unpaired) electrons. The predicted molar refractivity (Wildman–Crippen MR) is 74.3 cm³/mol. The van der Waals surface area contributed by atoms with Crippen LogP contribution in [0.4, 0.5) is 5.69 Å². The molecule has 0 aliphatic carbocycles. The number of ether oxygens (including phenoxy) is 1. The minimum Gasteiger partial charge on any atom is -0.495 e. The van der Waals surface area contributed by atoms with Gasteiger partial charge in [-0.2, -0.15) is 0 Å². The Balaban J connectivity index is 2.16. The normalized spacial score (nSPS) is 10.2. The van der Waals surface area contributed by atoms with E-state index >= 15 is 0 Å². The summed E-state index contributed by atoms with van der Waals surface area (Å²) in [6.45, 7) is 2.62. The summed E-state index contributed by atoms with van der Waals surface area (Å²) in [7, 11) is 1.63. The van der Waals surface area contributed by atoms with Crippen LogP contribution in [-0.4, -0.2) is 12.1 Å². The van der Waals surface area contributed by atoms with Crippen LogP contribution in [-0.2, 0) is 6.54 Å². The summed E-state index contributed by atoms with van der Waals surface area (Å²) < 4.78 is 5.30. The van der Waals surface area contributed by atoms with E-state index in [9.17, 15) is 0 Å². The Bertz CT molecular complexity index is 529. The van der Waals surface area contributed by atoms with Crippen LogP contribution >= 0.6 is 11.6 Å². The van der Waals surface area contributed by atoms with Crippen molar-refractivity contribution in [3.8, 4) is 5.75 Å². The van der Waals surface area contributed by atoms with Gasteiger partial charge in [0.15, 0.2) is 0 Å². The predicted octanol–water partition coefficient (Wildman–Crippen LogP) is 3.66. The monoisotopic (exact) mass is 262 g/mol. The molecule has 0 bridgehead atoms. The average Bonchev–Trinajstić information content (AvgIpc) is 2.41. The van der Waals surface area contributed by atoms with Gasteiger partial charge >= 0.3 is 0 Å². The summed E-state index contributed by atoms with van der Waals surface area (Å²) >= 11 is 6.06. The summed E-state index contributed by atoms with van der Waals surface area (Å²) in [4.78, 5) is 4.26. The number of hydrogen-bond donors (Lipinski definition) is 1. The molecule has 1 aromatic heterocycles. The van der Waals surface area contributed by atoms with Crippen LogP contribution in [0.25, 0.3) is 0 Å². The number of halogens is 1. The first-order chi connectivity index (χ1) is 8.70. The maximum absolute atomic E-state index is 6.06. The Kier molecular flexibility index (Phi) is 4.05. The third-order valence-corrected chi connectivity index (χ3v) is 3.07. The standard InChI is InChI=1S/C14H15ClN2O/c1-10-7-13(14(18-2)8-12(10)15)17-9-11-5-3-4-6-16-11/h3-8,17H,9H2,1-2H3. The van der Waals surface area contributed by atoms with E-state index in [2.05, 4.69) is 10.3 Å². The molecule has 0 saturated carbocycles. The molecule has 2 aromatic rings. The van der Waals surface area contributed by atoms with E-state index in [0.717, 1.165) is 22.7 Å². The molecule has 1 N–H and O–H groups in total. The fourth-order valence-corrected chi connectivity index (χ4v) is 1.81. The molecule has 1 aromatic carbocycles. The van der Waals surface area contributed by atoms with E-state index in [1.165, 1.54) is 0 Å². The molecule has 94 valence electrons. The Labute approximate surface area is 112 Å². The number of methoxy groups -OCH3 is 1. The van der Waals surface area contributed by atoms with E-state index in [-0.39, 0.29) is 0 Å². The number of nitrogens with zero attached hydrogens (tertiary/aromatic N) is 1. The molecule has 0 aliphatic rings. The molecule has 0 atom stereocenters. The number of pyridine rings is 1. The van der Waals surface area contributed by atoms with Gasteiger partial charge in [0, 0.05) is 17.3 Å². The van der Waals surface area contributed by atoms with Gasteiger partial charge in [0.2, 0.25) is 0 Å². The van der Waals surface area contributed by atoms with Crippen molar-refractivity contribution in [3.05, 3.63) is 52.8 Å². The van der Waals surface area contributed by atoms with Crippen LogP contribution in [0, 0.1) is 6.92 Å². The fraction of sp³-hybridized carbons (Fsp3) is 0.214. The molecule has 4 heteroatoms. The molecular formula is C14H15ClN2O. The number of hydrogen-bond acceptors (Lipinski definition) is 3. The second-order valence-corrected chi connectivity index (χ2v) is 4.38. The van der Waals surface area contributed by atoms with Gasteiger partial charge in [0.05, 0.1) is 25.0 Å². The molecule has 18 heavy (non-hydrogen) atoms. The number of rotatable bonds is 4. The van der Waals surface area contributed by atoms with Gasteiger partial charge in [0.1, 0.15) is 5.75 Å². The van der Waals surface area contributed by atoms with Crippen molar-refractivity contribution in [2.24, 2.45) is 0 Å². The van der Waals surface area contributed by atoms with Gasteiger partial charge in [-0.3, -0.25) is 4.98 Å². The van der Waals surface area contributed by atoms with E-state index < -0.39 is 0 Å². The minimum absolute atomic E-state index is 0.651. The maximum Gasteiger partial charge on any atom is 0.143 e. The first-order valence-electron chi connectivity index (χ1n) is 5.68. The van der Waals surface area contributed by atoms with E-state index in [0.29, 0.717) is 11.6 Å². The Hall–Kier alpha value is -1.74. The summed E-state index contributed by atoms with van der Waals surface area (Å²) in [5, 5.41) is 4.01. The molecular weight excluding hydrogens is 248 g/mol. The quantitative estimate of drug-likeness (QED) is 0.913. The maximum atomic E-state index is 6.06. The van der Waals surface area contributed by atoms with Crippen LogP contribution in [0.15, 0.2) is 36.5 Å². The van der Waals surface area contributed by atoms with Crippen LogP contribution in [0.1, 0.15) is 11.3 Å². The molecule has 0 spiro atoms. The van der Waals surface area contributed by atoms with E-state index in [1.54, 1.807) is 13.3 Å². The number of aromatic nitrogens is 1. The molecule has 0 saturated heterocycles. The topological polar surface area (TPSA) is 34.1 Å². The Morgan fingerprint density at radius 2 is 2.17 bits per heavy atom. The molecule has 3 nitrogen and oxygen atoms in total. The number of nitrogens with one attached hydrogen (secondary N) is 1.